The van der Waals surface area contributed by atoms with Gasteiger partial charge in [0.1, 0.15) is 0 Å². The van der Waals surface area contributed by atoms with Crippen LogP contribution in [0.1, 0.15) is 48.0 Å². The first-order valence-corrected chi connectivity index (χ1v) is 9.25. The Hall–Kier alpha value is -1.14. The average Bonchev–Trinajstić information content (AvgIpc) is 2.47. The number of carbonyl (C=O) groups excluding carboxylic acids is 2. The van der Waals surface area contributed by atoms with Crippen molar-refractivity contribution in [2.24, 2.45) is 5.92 Å². The number of hydrogen-bond donors (Lipinski definition) is 1. The van der Waals surface area contributed by atoms with E-state index in [1.54, 1.807) is 4.90 Å². The smallest absolute Gasteiger partial charge is 0.237 e. The second-order valence-corrected chi connectivity index (χ2v) is 7.01. The van der Waals surface area contributed by atoms with Gasteiger partial charge >= 0.3 is 0 Å². The van der Waals surface area contributed by atoms with Gasteiger partial charge in [-0.05, 0) is 33.6 Å². The molecule has 0 aromatic carbocycles. The number of hydrogen-bond acceptors (Lipinski definition) is 4. The van der Waals surface area contributed by atoms with Crippen molar-refractivity contribution in [2.75, 3.05) is 32.7 Å². The highest BCUT2D eigenvalue weighted by atomic mass is 16.5. The number of carbonyl (C=O) groups is 2. The molecule has 1 heterocycles. The second-order valence-electron chi connectivity index (χ2n) is 7.01. The first-order valence-electron chi connectivity index (χ1n) is 9.25. The van der Waals surface area contributed by atoms with E-state index >= 15 is 0 Å². The number of nitrogens with one attached hydrogen (secondary N) is 1. The Bertz CT molecular complexity index is 400. The Morgan fingerprint density at radius 3 is 2.17 bits per heavy atom. The van der Waals surface area contributed by atoms with Crippen molar-refractivity contribution in [3.63, 3.8) is 0 Å². The summed E-state index contributed by atoms with van der Waals surface area (Å²) in [5.41, 5.74) is 0. The molecule has 1 fully saturated rings. The first-order chi connectivity index (χ1) is 11.3. The SMILES string of the molecule is CCN(CC)C(=O)CCNC(=O)C(C(C)C)N1CC(C)OC(C)C1. The fourth-order valence-electron chi connectivity index (χ4n) is 3.47. The summed E-state index contributed by atoms with van der Waals surface area (Å²) >= 11 is 0. The maximum atomic E-state index is 12.7. The molecule has 2 amide bonds. The van der Waals surface area contributed by atoms with Gasteiger partial charge in [0.25, 0.3) is 0 Å². The summed E-state index contributed by atoms with van der Waals surface area (Å²) in [6.45, 7) is 15.5. The Labute approximate surface area is 146 Å². The summed E-state index contributed by atoms with van der Waals surface area (Å²) in [5, 5.41) is 2.96. The predicted molar refractivity (Wildman–Crippen MR) is 95.8 cm³/mol. The van der Waals surface area contributed by atoms with Gasteiger partial charge in [0.2, 0.25) is 11.8 Å². The van der Waals surface area contributed by atoms with Gasteiger partial charge < -0.3 is 15.0 Å². The van der Waals surface area contributed by atoms with E-state index in [4.69, 9.17) is 4.74 Å². The highest BCUT2D eigenvalue weighted by Crippen LogP contribution is 2.18. The highest BCUT2D eigenvalue weighted by Gasteiger charge is 2.34. The molecule has 0 aliphatic carbocycles. The largest absolute Gasteiger partial charge is 0.373 e. The van der Waals surface area contributed by atoms with E-state index in [1.165, 1.54) is 0 Å². The Morgan fingerprint density at radius 2 is 1.71 bits per heavy atom. The van der Waals surface area contributed by atoms with E-state index in [0.29, 0.717) is 26.1 Å². The van der Waals surface area contributed by atoms with E-state index in [0.717, 1.165) is 13.1 Å². The quantitative estimate of drug-likeness (QED) is 0.727. The van der Waals surface area contributed by atoms with Crippen molar-refractivity contribution in [1.82, 2.24) is 15.1 Å². The Balaban J connectivity index is 2.56. The van der Waals surface area contributed by atoms with Gasteiger partial charge in [0.15, 0.2) is 0 Å². The molecule has 0 aromatic rings. The second kappa shape index (κ2) is 9.99. The molecule has 0 spiro atoms. The standard InChI is InChI=1S/C18H35N3O3/c1-7-20(8-2)16(22)9-10-19-18(23)17(13(3)4)21-11-14(5)24-15(6)12-21/h13-15,17H,7-12H2,1-6H3,(H,19,23). The molecular formula is C18H35N3O3. The minimum absolute atomic E-state index is 0.0126. The maximum Gasteiger partial charge on any atom is 0.237 e. The van der Waals surface area contributed by atoms with Crippen molar-refractivity contribution in [2.45, 2.75) is 66.2 Å². The van der Waals surface area contributed by atoms with E-state index < -0.39 is 0 Å². The lowest BCUT2D eigenvalue weighted by molar-refractivity contribution is -0.135. The van der Waals surface area contributed by atoms with E-state index in [1.807, 2.05) is 27.7 Å². The van der Waals surface area contributed by atoms with Crippen LogP contribution in [0.25, 0.3) is 0 Å². The minimum atomic E-state index is -0.178. The molecule has 3 atom stereocenters. The average molecular weight is 341 g/mol. The van der Waals surface area contributed by atoms with E-state index in [9.17, 15) is 9.59 Å². The van der Waals surface area contributed by atoms with E-state index in [-0.39, 0.29) is 36.0 Å². The van der Waals surface area contributed by atoms with Crippen molar-refractivity contribution in [1.29, 1.82) is 0 Å². The molecular weight excluding hydrogens is 306 g/mol. The van der Waals surface area contributed by atoms with Gasteiger partial charge in [-0.25, -0.2) is 0 Å². The van der Waals surface area contributed by atoms with Crippen LogP contribution < -0.4 is 5.32 Å². The zero-order chi connectivity index (χ0) is 18.3. The van der Waals surface area contributed by atoms with Crippen LogP contribution in [-0.2, 0) is 14.3 Å². The van der Waals surface area contributed by atoms with Gasteiger partial charge in [-0.3, -0.25) is 14.5 Å². The molecule has 1 aliphatic heterocycles. The summed E-state index contributed by atoms with van der Waals surface area (Å²) in [5.74, 6) is 0.314. The summed E-state index contributed by atoms with van der Waals surface area (Å²) in [4.78, 5) is 28.7. The lowest BCUT2D eigenvalue weighted by atomic mass is 9.99. The normalized spacial score (nSPS) is 23.1. The topological polar surface area (TPSA) is 61.9 Å². The van der Waals surface area contributed by atoms with Crippen LogP contribution in [0, 0.1) is 5.92 Å². The number of nitrogens with zero attached hydrogens (tertiary/aromatic N) is 2. The third-order valence-corrected chi connectivity index (χ3v) is 4.50. The van der Waals surface area contributed by atoms with Crippen molar-refractivity contribution in [3.05, 3.63) is 0 Å². The van der Waals surface area contributed by atoms with Crippen molar-refractivity contribution >= 4 is 11.8 Å². The maximum absolute atomic E-state index is 12.7. The number of morpholine rings is 1. The molecule has 1 aliphatic rings. The molecule has 140 valence electrons. The van der Waals surface area contributed by atoms with Crippen LogP contribution >= 0.6 is 0 Å². The molecule has 0 radical (unpaired) electrons. The zero-order valence-electron chi connectivity index (χ0n) is 16.2. The number of amides is 2. The minimum Gasteiger partial charge on any atom is -0.373 e. The molecule has 0 bridgehead atoms. The Kier molecular flexibility index (Phi) is 8.70. The van der Waals surface area contributed by atoms with Crippen LogP contribution in [0.15, 0.2) is 0 Å². The molecule has 0 saturated carbocycles. The highest BCUT2D eigenvalue weighted by molar-refractivity contribution is 5.83. The first kappa shape index (κ1) is 20.9. The van der Waals surface area contributed by atoms with Gasteiger partial charge in [-0.2, -0.15) is 0 Å². The molecule has 1 N–H and O–H groups in total. The predicted octanol–water partition coefficient (Wildman–Crippen LogP) is 1.49. The van der Waals surface area contributed by atoms with Gasteiger partial charge in [0.05, 0.1) is 18.2 Å². The molecule has 3 unspecified atom stereocenters. The number of rotatable bonds is 8. The van der Waals surface area contributed by atoms with Crippen LogP contribution in [0.4, 0.5) is 0 Å². The fraction of sp³-hybridized carbons (Fsp3) is 0.889. The van der Waals surface area contributed by atoms with Crippen molar-refractivity contribution < 1.29 is 14.3 Å². The lowest BCUT2D eigenvalue weighted by Crippen LogP contribution is -2.57. The van der Waals surface area contributed by atoms with E-state index in [2.05, 4.69) is 24.1 Å². The molecule has 1 rings (SSSR count). The van der Waals surface area contributed by atoms with Crippen LogP contribution in [0.5, 0.6) is 0 Å². The summed E-state index contributed by atoms with van der Waals surface area (Å²) in [6, 6.07) is -0.178. The van der Waals surface area contributed by atoms with Gasteiger partial charge in [0, 0.05) is 39.1 Å². The molecule has 6 nitrogen and oxygen atoms in total. The number of ether oxygens (including phenoxy) is 1. The van der Waals surface area contributed by atoms with Crippen LogP contribution in [0.2, 0.25) is 0 Å². The third-order valence-electron chi connectivity index (χ3n) is 4.50. The molecule has 0 aromatic heterocycles. The molecule has 6 heteroatoms. The zero-order valence-corrected chi connectivity index (χ0v) is 16.2. The summed E-state index contributed by atoms with van der Waals surface area (Å²) in [6.07, 6.45) is 0.618. The molecule has 24 heavy (non-hydrogen) atoms. The fourth-order valence-corrected chi connectivity index (χ4v) is 3.47. The van der Waals surface area contributed by atoms with Crippen molar-refractivity contribution in [3.8, 4) is 0 Å². The van der Waals surface area contributed by atoms with Crippen LogP contribution in [0.3, 0.4) is 0 Å². The summed E-state index contributed by atoms with van der Waals surface area (Å²) < 4.78 is 5.77. The summed E-state index contributed by atoms with van der Waals surface area (Å²) in [7, 11) is 0. The monoisotopic (exact) mass is 341 g/mol. The van der Waals surface area contributed by atoms with Crippen LogP contribution in [-0.4, -0.2) is 72.6 Å². The van der Waals surface area contributed by atoms with Gasteiger partial charge in [-0.15, -0.1) is 0 Å². The van der Waals surface area contributed by atoms with Gasteiger partial charge in [-0.1, -0.05) is 13.8 Å². The molecule has 1 saturated heterocycles. The lowest BCUT2D eigenvalue weighted by Gasteiger charge is -2.41. The third kappa shape index (κ3) is 6.06. The Morgan fingerprint density at radius 1 is 1.17 bits per heavy atom.